The molecule has 3 aromatic rings. The second kappa shape index (κ2) is 6.12. The maximum Gasteiger partial charge on any atom is 0.213 e. The Morgan fingerprint density at radius 2 is 1.83 bits per heavy atom. The van der Waals surface area contributed by atoms with Crippen molar-refractivity contribution in [2.24, 2.45) is 0 Å². The van der Waals surface area contributed by atoms with Crippen molar-refractivity contribution in [2.75, 3.05) is 7.11 Å². The highest BCUT2D eigenvalue weighted by molar-refractivity contribution is 5.63. The van der Waals surface area contributed by atoms with Crippen molar-refractivity contribution in [3.63, 3.8) is 0 Å². The molecule has 5 nitrogen and oxygen atoms in total. The largest absolute Gasteiger partial charge is 0.508 e. The minimum absolute atomic E-state index is 0.245. The van der Waals surface area contributed by atoms with E-state index >= 15 is 0 Å². The topological polar surface area (TPSA) is 60.2 Å². The fraction of sp³-hybridized carbons (Fsp3) is 0.222. The first kappa shape index (κ1) is 15.1. The summed E-state index contributed by atoms with van der Waals surface area (Å²) in [6.45, 7) is 4.22. The van der Waals surface area contributed by atoms with Gasteiger partial charge in [-0.15, -0.1) is 0 Å². The van der Waals surface area contributed by atoms with Crippen molar-refractivity contribution in [1.82, 2.24) is 14.8 Å². The van der Waals surface area contributed by atoms with Crippen molar-refractivity contribution in [2.45, 2.75) is 19.8 Å². The lowest BCUT2D eigenvalue weighted by Gasteiger charge is -2.08. The zero-order valence-electron chi connectivity index (χ0n) is 13.4. The Bertz CT molecular complexity index is 790. The third-order valence-electron chi connectivity index (χ3n) is 3.66. The van der Waals surface area contributed by atoms with Gasteiger partial charge in [0.2, 0.25) is 5.88 Å². The number of methoxy groups -OCH3 is 1. The van der Waals surface area contributed by atoms with Crippen LogP contribution in [0.5, 0.6) is 11.6 Å². The first-order chi connectivity index (χ1) is 11.1. The molecule has 0 saturated heterocycles. The maximum atomic E-state index is 9.49. The van der Waals surface area contributed by atoms with Gasteiger partial charge in [0.25, 0.3) is 0 Å². The smallest absolute Gasteiger partial charge is 0.213 e. The molecule has 0 aliphatic carbocycles. The number of hydrogen-bond acceptors (Lipinski definition) is 4. The summed E-state index contributed by atoms with van der Waals surface area (Å²) in [5.74, 6) is 1.13. The highest BCUT2D eigenvalue weighted by Crippen LogP contribution is 2.28. The van der Waals surface area contributed by atoms with Gasteiger partial charge in [0.1, 0.15) is 5.75 Å². The molecule has 23 heavy (non-hydrogen) atoms. The molecule has 0 amide bonds. The number of nitrogens with zero attached hydrogens (tertiary/aromatic N) is 3. The number of hydrogen-bond donors (Lipinski definition) is 1. The van der Waals surface area contributed by atoms with Crippen LogP contribution in [0.1, 0.15) is 25.5 Å². The molecule has 3 rings (SSSR count). The first-order valence-corrected chi connectivity index (χ1v) is 7.48. The molecule has 2 aromatic heterocycles. The van der Waals surface area contributed by atoms with E-state index in [4.69, 9.17) is 9.84 Å². The van der Waals surface area contributed by atoms with Gasteiger partial charge in [-0.3, -0.25) is 0 Å². The van der Waals surface area contributed by atoms with Crippen LogP contribution in [0.25, 0.3) is 16.9 Å². The second-order valence-electron chi connectivity index (χ2n) is 5.63. The maximum absolute atomic E-state index is 9.49. The molecule has 0 radical (unpaired) electrons. The quantitative estimate of drug-likeness (QED) is 0.797. The summed E-state index contributed by atoms with van der Waals surface area (Å²) in [5.41, 5.74) is 3.81. The van der Waals surface area contributed by atoms with E-state index in [1.54, 1.807) is 25.4 Å². The number of aromatic nitrogens is 3. The molecule has 118 valence electrons. The van der Waals surface area contributed by atoms with Crippen molar-refractivity contribution >= 4 is 0 Å². The third kappa shape index (κ3) is 3.04. The molecule has 5 heteroatoms. The van der Waals surface area contributed by atoms with Crippen LogP contribution in [0, 0.1) is 0 Å². The molecule has 0 bridgehead atoms. The van der Waals surface area contributed by atoms with Gasteiger partial charge in [-0.05, 0) is 42.3 Å². The Morgan fingerprint density at radius 3 is 2.39 bits per heavy atom. The van der Waals surface area contributed by atoms with Crippen LogP contribution in [0.3, 0.4) is 0 Å². The van der Waals surface area contributed by atoms with Crippen molar-refractivity contribution in [3.8, 4) is 28.6 Å². The Hall–Kier alpha value is -2.82. The summed E-state index contributed by atoms with van der Waals surface area (Å²) in [5, 5.41) is 14.2. The van der Waals surface area contributed by atoms with Crippen LogP contribution in [0.15, 0.2) is 48.7 Å². The minimum atomic E-state index is 0.245. The molecule has 0 saturated carbocycles. The number of ether oxygens (including phenoxy) is 1. The van der Waals surface area contributed by atoms with Gasteiger partial charge >= 0.3 is 0 Å². The fourth-order valence-electron chi connectivity index (χ4n) is 2.33. The predicted molar refractivity (Wildman–Crippen MR) is 89.1 cm³/mol. The molecule has 1 N–H and O–H groups in total. The summed E-state index contributed by atoms with van der Waals surface area (Å²) in [6.07, 6.45) is 1.74. The highest BCUT2D eigenvalue weighted by atomic mass is 16.5. The zero-order valence-corrected chi connectivity index (χ0v) is 13.4. The Balaban J connectivity index is 2.12. The second-order valence-corrected chi connectivity index (χ2v) is 5.63. The van der Waals surface area contributed by atoms with Crippen LogP contribution in [-0.4, -0.2) is 27.0 Å². The molecular weight excluding hydrogens is 290 g/mol. The SMILES string of the molecule is COc1ccc(-n2nc(C(C)C)cc2-c2ccc(O)cc2)cn1. The molecule has 0 fully saturated rings. The average Bonchev–Trinajstić information content (AvgIpc) is 3.01. The van der Waals surface area contributed by atoms with Crippen LogP contribution in [0.4, 0.5) is 0 Å². The van der Waals surface area contributed by atoms with Crippen molar-refractivity contribution < 1.29 is 9.84 Å². The lowest BCUT2D eigenvalue weighted by molar-refractivity contribution is 0.397. The summed E-state index contributed by atoms with van der Waals surface area (Å²) >= 11 is 0. The number of rotatable bonds is 4. The molecule has 2 heterocycles. The minimum Gasteiger partial charge on any atom is -0.508 e. The van der Waals surface area contributed by atoms with E-state index < -0.39 is 0 Å². The number of benzene rings is 1. The molecule has 0 aliphatic heterocycles. The van der Waals surface area contributed by atoms with E-state index in [2.05, 4.69) is 24.9 Å². The average molecular weight is 309 g/mol. The van der Waals surface area contributed by atoms with Crippen LogP contribution >= 0.6 is 0 Å². The molecule has 0 aliphatic rings. The van der Waals surface area contributed by atoms with E-state index in [0.29, 0.717) is 11.8 Å². The Labute approximate surface area is 135 Å². The summed E-state index contributed by atoms with van der Waals surface area (Å²) < 4.78 is 6.98. The lowest BCUT2D eigenvalue weighted by atomic mass is 10.1. The Morgan fingerprint density at radius 1 is 1.09 bits per heavy atom. The summed E-state index contributed by atoms with van der Waals surface area (Å²) in [7, 11) is 1.59. The summed E-state index contributed by atoms with van der Waals surface area (Å²) in [4.78, 5) is 4.25. The molecule has 0 spiro atoms. The number of aromatic hydroxyl groups is 1. The van der Waals surface area contributed by atoms with Gasteiger partial charge < -0.3 is 9.84 Å². The molecule has 0 unspecified atom stereocenters. The van der Waals surface area contributed by atoms with Gasteiger partial charge in [-0.25, -0.2) is 9.67 Å². The van der Waals surface area contributed by atoms with Gasteiger partial charge in [0.15, 0.2) is 0 Å². The Kier molecular flexibility index (Phi) is 4.02. The van der Waals surface area contributed by atoms with E-state index in [0.717, 1.165) is 22.6 Å². The van der Waals surface area contributed by atoms with Crippen molar-refractivity contribution in [1.29, 1.82) is 0 Å². The van der Waals surface area contributed by atoms with Crippen molar-refractivity contribution in [3.05, 3.63) is 54.4 Å². The normalized spacial score (nSPS) is 11.0. The fourth-order valence-corrected chi connectivity index (χ4v) is 2.33. The van der Waals surface area contributed by atoms with Gasteiger partial charge in [-0.2, -0.15) is 5.10 Å². The third-order valence-corrected chi connectivity index (χ3v) is 3.66. The summed E-state index contributed by atoms with van der Waals surface area (Å²) in [6, 6.07) is 12.9. The zero-order chi connectivity index (χ0) is 16.4. The number of phenols is 1. The van der Waals surface area contributed by atoms with E-state index in [1.165, 1.54) is 0 Å². The first-order valence-electron chi connectivity index (χ1n) is 7.48. The lowest BCUT2D eigenvalue weighted by Crippen LogP contribution is -2.01. The predicted octanol–water partition coefficient (Wildman–Crippen LogP) is 3.77. The van der Waals surface area contributed by atoms with E-state index in [1.807, 2.05) is 28.9 Å². The highest BCUT2D eigenvalue weighted by Gasteiger charge is 2.14. The van der Waals surface area contributed by atoms with Crippen LogP contribution in [-0.2, 0) is 0 Å². The van der Waals surface area contributed by atoms with Gasteiger partial charge in [0.05, 0.1) is 30.4 Å². The van der Waals surface area contributed by atoms with Crippen LogP contribution in [0.2, 0.25) is 0 Å². The number of pyridine rings is 1. The molecular formula is C18H19N3O2. The van der Waals surface area contributed by atoms with Gasteiger partial charge in [-0.1, -0.05) is 13.8 Å². The molecule has 0 atom stereocenters. The molecule has 1 aromatic carbocycles. The monoisotopic (exact) mass is 309 g/mol. The van der Waals surface area contributed by atoms with E-state index in [-0.39, 0.29) is 5.75 Å². The van der Waals surface area contributed by atoms with E-state index in [9.17, 15) is 5.11 Å². The standard InChI is InChI=1S/C18H19N3O2/c1-12(2)16-10-17(13-4-7-15(22)8-5-13)21(20-16)14-6-9-18(23-3)19-11-14/h4-12,22H,1-3H3. The number of phenolic OH excluding ortho intramolecular Hbond substituents is 1. The van der Waals surface area contributed by atoms with Gasteiger partial charge in [0, 0.05) is 11.6 Å². The van der Waals surface area contributed by atoms with Crippen LogP contribution < -0.4 is 4.74 Å².